The van der Waals surface area contributed by atoms with Crippen molar-refractivity contribution in [2.24, 2.45) is 20.7 Å². The summed E-state index contributed by atoms with van der Waals surface area (Å²) in [6.45, 7) is 2.01. The number of hydrogen-bond donors (Lipinski definition) is 0. The van der Waals surface area contributed by atoms with E-state index in [2.05, 4.69) is 25.4 Å². The maximum atomic E-state index is 10.9. The molecule has 0 aromatic carbocycles. The molecule has 0 saturated carbocycles. The lowest BCUT2D eigenvalue weighted by Crippen LogP contribution is -2.19. The Balaban J connectivity index is 2.45. The number of rotatable bonds is 3. The Kier molecular flexibility index (Phi) is 2.69. The predicted octanol–water partition coefficient (Wildman–Crippen LogP) is 1.67. The molecule has 0 aliphatic carbocycles. The van der Waals surface area contributed by atoms with Gasteiger partial charge in [0.2, 0.25) is 0 Å². The molecule has 6 nitrogen and oxygen atoms in total. The second kappa shape index (κ2) is 3.57. The normalized spacial score (nSPS) is 18.2. The van der Waals surface area contributed by atoms with Crippen LogP contribution in [0.2, 0.25) is 0 Å². The van der Waals surface area contributed by atoms with Gasteiger partial charge < -0.3 is 4.74 Å². The Morgan fingerprint density at radius 3 is 2.58 bits per heavy atom. The molecule has 0 amide bonds. The zero-order chi connectivity index (χ0) is 9.03. The molecule has 7 heteroatoms. The Bertz CT molecular complexity index is 228. The minimum atomic E-state index is -1.37. The molecule has 0 fully saturated rings. The van der Waals surface area contributed by atoms with Gasteiger partial charge in [0, 0.05) is 0 Å². The third-order valence-corrected chi connectivity index (χ3v) is 1.40. The van der Waals surface area contributed by atoms with E-state index in [4.69, 9.17) is 11.6 Å². The molecule has 1 heterocycles. The Hall–Kier alpha value is -1.04. The Morgan fingerprint density at radius 2 is 2.08 bits per heavy atom. The van der Waals surface area contributed by atoms with Crippen LogP contribution in [0.3, 0.4) is 0 Å². The number of carbonyl (C=O) groups excluding carboxylic acids is 1. The molecule has 0 spiro atoms. The summed E-state index contributed by atoms with van der Waals surface area (Å²) >= 11 is 5.68. The predicted molar refractivity (Wildman–Crippen MR) is 39.5 cm³/mol. The minimum Gasteiger partial charge on any atom is -0.466 e. The van der Waals surface area contributed by atoms with Crippen molar-refractivity contribution in [2.45, 2.75) is 18.5 Å². The highest BCUT2D eigenvalue weighted by molar-refractivity contribution is 6.24. The summed E-state index contributed by atoms with van der Waals surface area (Å²) in [6, 6.07) is 0. The van der Waals surface area contributed by atoms with Gasteiger partial charge in [-0.3, -0.25) is 4.79 Å². The van der Waals surface area contributed by atoms with Gasteiger partial charge in [0.25, 0.3) is 5.12 Å². The first-order valence-electron chi connectivity index (χ1n) is 3.35. The quantitative estimate of drug-likeness (QED) is 0.386. The molecular formula is C5H7ClN4O2. The third kappa shape index (κ3) is 2.23. The van der Waals surface area contributed by atoms with Crippen LogP contribution in [0.5, 0.6) is 0 Å². The van der Waals surface area contributed by atoms with Gasteiger partial charge in [0.1, 0.15) is 6.42 Å². The molecule has 0 aromatic heterocycles. The standard InChI is InChI=1S/C5H7ClN4O2/c1-2-12-4(11)3-5(6)7-9-10-8-5/h2-3H2,1H3. The summed E-state index contributed by atoms with van der Waals surface area (Å²) in [5.41, 5.74) is 0. The molecule has 1 aliphatic heterocycles. The van der Waals surface area contributed by atoms with Crippen molar-refractivity contribution in [1.29, 1.82) is 0 Å². The van der Waals surface area contributed by atoms with E-state index in [0.29, 0.717) is 6.61 Å². The molecule has 1 aliphatic rings. The van der Waals surface area contributed by atoms with Crippen molar-refractivity contribution in [3.63, 3.8) is 0 Å². The van der Waals surface area contributed by atoms with Gasteiger partial charge in [0.05, 0.1) is 6.61 Å². The van der Waals surface area contributed by atoms with Gasteiger partial charge in [0.15, 0.2) is 0 Å². The first-order chi connectivity index (χ1) is 5.66. The number of alkyl halides is 1. The SMILES string of the molecule is CCOC(=O)CC1(Cl)N=NN=N1. The summed E-state index contributed by atoms with van der Waals surface area (Å²) < 4.78 is 4.64. The maximum Gasteiger partial charge on any atom is 0.311 e. The zero-order valence-corrected chi connectivity index (χ0v) is 7.15. The lowest BCUT2D eigenvalue weighted by atomic mass is 10.3. The number of ether oxygens (including phenoxy) is 1. The Labute approximate surface area is 73.6 Å². The van der Waals surface area contributed by atoms with Crippen molar-refractivity contribution in [3.8, 4) is 0 Å². The lowest BCUT2D eigenvalue weighted by Gasteiger charge is -2.08. The monoisotopic (exact) mass is 190 g/mol. The van der Waals surface area contributed by atoms with Crippen molar-refractivity contribution in [1.82, 2.24) is 0 Å². The van der Waals surface area contributed by atoms with Crippen LogP contribution in [-0.2, 0) is 9.53 Å². The van der Waals surface area contributed by atoms with E-state index in [9.17, 15) is 4.79 Å². The van der Waals surface area contributed by atoms with E-state index in [-0.39, 0.29) is 6.42 Å². The van der Waals surface area contributed by atoms with Crippen LogP contribution in [0.15, 0.2) is 20.7 Å². The van der Waals surface area contributed by atoms with Crippen LogP contribution in [0.4, 0.5) is 0 Å². The second-order valence-electron chi connectivity index (χ2n) is 2.08. The molecule has 66 valence electrons. The highest BCUT2D eigenvalue weighted by Gasteiger charge is 2.33. The number of esters is 1. The number of carbonyl (C=O) groups is 1. The largest absolute Gasteiger partial charge is 0.466 e. The van der Waals surface area contributed by atoms with Crippen LogP contribution in [0.1, 0.15) is 13.3 Å². The fourth-order valence-electron chi connectivity index (χ4n) is 0.663. The van der Waals surface area contributed by atoms with Crippen molar-refractivity contribution >= 4 is 17.6 Å². The highest BCUT2D eigenvalue weighted by atomic mass is 35.5. The molecule has 12 heavy (non-hydrogen) atoms. The molecule has 0 radical (unpaired) electrons. The fourth-order valence-corrected chi connectivity index (χ4v) is 0.840. The summed E-state index contributed by atoms with van der Waals surface area (Å²) in [5, 5.41) is 11.9. The van der Waals surface area contributed by atoms with Gasteiger partial charge >= 0.3 is 5.97 Å². The van der Waals surface area contributed by atoms with Crippen LogP contribution in [0.25, 0.3) is 0 Å². The smallest absolute Gasteiger partial charge is 0.311 e. The fraction of sp³-hybridized carbons (Fsp3) is 0.800. The zero-order valence-electron chi connectivity index (χ0n) is 6.40. The molecule has 0 atom stereocenters. The maximum absolute atomic E-state index is 10.9. The molecule has 1 rings (SSSR count). The van der Waals surface area contributed by atoms with Gasteiger partial charge in [-0.05, 0) is 17.4 Å². The highest BCUT2D eigenvalue weighted by Crippen LogP contribution is 2.28. The van der Waals surface area contributed by atoms with Gasteiger partial charge in [-0.15, -0.1) is 10.2 Å². The van der Waals surface area contributed by atoms with E-state index in [1.165, 1.54) is 0 Å². The summed E-state index contributed by atoms with van der Waals surface area (Å²) in [4.78, 5) is 10.9. The van der Waals surface area contributed by atoms with Crippen molar-refractivity contribution in [2.75, 3.05) is 6.61 Å². The lowest BCUT2D eigenvalue weighted by molar-refractivity contribution is -0.143. The summed E-state index contributed by atoms with van der Waals surface area (Å²) in [5.74, 6) is -0.465. The molecule has 0 bridgehead atoms. The number of hydrogen-bond acceptors (Lipinski definition) is 6. The summed E-state index contributed by atoms with van der Waals surface area (Å²) in [6.07, 6.45) is -0.143. The van der Waals surface area contributed by atoms with Gasteiger partial charge in [-0.1, -0.05) is 11.6 Å². The number of halogens is 1. The number of nitrogens with zero attached hydrogens (tertiary/aromatic N) is 4. The second-order valence-corrected chi connectivity index (χ2v) is 2.68. The average Bonchev–Trinajstić information content (AvgIpc) is 2.36. The van der Waals surface area contributed by atoms with E-state index >= 15 is 0 Å². The van der Waals surface area contributed by atoms with Gasteiger partial charge in [-0.2, -0.15) is 0 Å². The van der Waals surface area contributed by atoms with E-state index < -0.39 is 11.1 Å². The van der Waals surface area contributed by atoms with E-state index in [1.54, 1.807) is 6.92 Å². The topological polar surface area (TPSA) is 75.7 Å². The first-order valence-corrected chi connectivity index (χ1v) is 3.73. The first kappa shape index (κ1) is 9.05. The third-order valence-electron chi connectivity index (χ3n) is 1.11. The summed E-state index contributed by atoms with van der Waals surface area (Å²) in [7, 11) is 0. The molecule has 0 aromatic rings. The molecule has 0 unspecified atom stereocenters. The average molecular weight is 191 g/mol. The molecule has 0 N–H and O–H groups in total. The van der Waals surface area contributed by atoms with E-state index in [1.807, 2.05) is 0 Å². The molecular weight excluding hydrogens is 184 g/mol. The molecule has 0 saturated heterocycles. The van der Waals surface area contributed by atoms with Crippen LogP contribution >= 0.6 is 11.6 Å². The van der Waals surface area contributed by atoms with Crippen LogP contribution in [0, 0.1) is 0 Å². The van der Waals surface area contributed by atoms with Crippen molar-refractivity contribution in [3.05, 3.63) is 0 Å². The van der Waals surface area contributed by atoms with Crippen LogP contribution < -0.4 is 0 Å². The van der Waals surface area contributed by atoms with Crippen molar-refractivity contribution < 1.29 is 9.53 Å². The van der Waals surface area contributed by atoms with Gasteiger partial charge in [-0.25, -0.2) is 0 Å². The Morgan fingerprint density at radius 1 is 1.50 bits per heavy atom. The van der Waals surface area contributed by atoms with E-state index in [0.717, 1.165) is 0 Å². The van der Waals surface area contributed by atoms with Crippen LogP contribution in [-0.4, -0.2) is 17.7 Å². The minimum absolute atomic E-state index is 0.143.